The van der Waals surface area contributed by atoms with Crippen molar-refractivity contribution in [3.63, 3.8) is 0 Å². The topological polar surface area (TPSA) is 75.2 Å². The van der Waals surface area contributed by atoms with E-state index in [-0.39, 0.29) is 6.54 Å². The van der Waals surface area contributed by atoms with E-state index in [4.69, 9.17) is 0 Å². The highest BCUT2D eigenvalue weighted by molar-refractivity contribution is 7.91. The average molecular weight is 324 g/mol. The molecule has 1 fully saturated rings. The summed E-state index contributed by atoms with van der Waals surface area (Å²) in [5.74, 6) is 0.681. The zero-order chi connectivity index (χ0) is 14.7. The Hall–Kier alpha value is -1.51. The van der Waals surface area contributed by atoms with Gasteiger partial charge in [-0.05, 0) is 30.4 Å². The first-order valence-corrected chi connectivity index (χ1v) is 9.11. The van der Waals surface area contributed by atoms with E-state index < -0.39 is 10.0 Å². The molecule has 1 aliphatic heterocycles. The van der Waals surface area contributed by atoms with E-state index in [9.17, 15) is 8.42 Å². The SMILES string of the molecule is O=S(=O)(NCc1ccnc(N2CCCC2)n1)c1cccs1. The minimum absolute atomic E-state index is 0.170. The lowest BCUT2D eigenvalue weighted by Crippen LogP contribution is -2.24. The standard InChI is InChI=1S/C13H16N4O2S2/c18-21(19,12-4-3-9-20-12)15-10-11-5-6-14-13(16-11)17-7-1-2-8-17/h3-6,9,15H,1-2,7-8,10H2. The fourth-order valence-electron chi connectivity index (χ4n) is 2.21. The molecule has 1 N–H and O–H groups in total. The van der Waals surface area contributed by atoms with Crippen molar-refractivity contribution in [3.05, 3.63) is 35.5 Å². The Bertz CT molecular complexity index is 695. The van der Waals surface area contributed by atoms with Crippen molar-refractivity contribution in [2.45, 2.75) is 23.6 Å². The lowest BCUT2D eigenvalue weighted by Gasteiger charge is -2.15. The third-order valence-electron chi connectivity index (χ3n) is 3.29. The van der Waals surface area contributed by atoms with Crippen LogP contribution in [0.5, 0.6) is 0 Å². The minimum Gasteiger partial charge on any atom is -0.341 e. The fraction of sp³-hybridized carbons (Fsp3) is 0.385. The molecular formula is C13H16N4O2S2. The Labute approximate surface area is 127 Å². The van der Waals surface area contributed by atoms with Crippen LogP contribution in [-0.4, -0.2) is 31.5 Å². The quantitative estimate of drug-likeness (QED) is 0.904. The molecule has 0 atom stereocenters. The first-order valence-electron chi connectivity index (χ1n) is 6.75. The summed E-state index contributed by atoms with van der Waals surface area (Å²) in [4.78, 5) is 10.8. The number of hydrogen-bond donors (Lipinski definition) is 1. The van der Waals surface area contributed by atoms with Crippen molar-refractivity contribution in [2.24, 2.45) is 0 Å². The number of nitrogens with one attached hydrogen (secondary N) is 1. The van der Waals surface area contributed by atoms with Crippen LogP contribution in [0.1, 0.15) is 18.5 Å². The summed E-state index contributed by atoms with van der Waals surface area (Å²) in [5.41, 5.74) is 0.673. The van der Waals surface area contributed by atoms with Gasteiger partial charge in [0, 0.05) is 19.3 Å². The van der Waals surface area contributed by atoms with Crippen LogP contribution in [0.15, 0.2) is 34.0 Å². The molecule has 0 radical (unpaired) electrons. The number of thiophene rings is 1. The van der Waals surface area contributed by atoms with E-state index in [1.807, 2.05) is 0 Å². The van der Waals surface area contributed by atoms with Crippen LogP contribution in [-0.2, 0) is 16.6 Å². The highest BCUT2D eigenvalue weighted by Crippen LogP contribution is 2.17. The second-order valence-electron chi connectivity index (χ2n) is 4.80. The van der Waals surface area contributed by atoms with Gasteiger partial charge in [0.05, 0.1) is 12.2 Å². The molecule has 2 aromatic heterocycles. The largest absolute Gasteiger partial charge is 0.341 e. The van der Waals surface area contributed by atoms with E-state index in [0.29, 0.717) is 15.9 Å². The summed E-state index contributed by atoms with van der Waals surface area (Å²) < 4.78 is 27.0. The maximum absolute atomic E-state index is 12.1. The monoisotopic (exact) mass is 324 g/mol. The highest BCUT2D eigenvalue weighted by atomic mass is 32.2. The van der Waals surface area contributed by atoms with E-state index in [1.165, 1.54) is 11.3 Å². The van der Waals surface area contributed by atoms with Crippen LogP contribution in [0.3, 0.4) is 0 Å². The number of aromatic nitrogens is 2. The number of sulfonamides is 1. The third kappa shape index (κ3) is 3.39. The van der Waals surface area contributed by atoms with Crippen LogP contribution in [0, 0.1) is 0 Å². The molecule has 0 unspecified atom stereocenters. The lowest BCUT2D eigenvalue weighted by molar-refractivity contribution is 0.582. The van der Waals surface area contributed by atoms with Crippen molar-refractivity contribution in [2.75, 3.05) is 18.0 Å². The lowest BCUT2D eigenvalue weighted by atomic mass is 10.4. The maximum atomic E-state index is 12.1. The van der Waals surface area contributed by atoms with Gasteiger partial charge < -0.3 is 4.90 Å². The van der Waals surface area contributed by atoms with Gasteiger partial charge >= 0.3 is 0 Å². The molecule has 3 heterocycles. The van der Waals surface area contributed by atoms with Gasteiger partial charge in [-0.3, -0.25) is 0 Å². The Morgan fingerprint density at radius 2 is 2.10 bits per heavy atom. The van der Waals surface area contributed by atoms with Gasteiger partial charge in [-0.15, -0.1) is 11.3 Å². The number of rotatable bonds is 5. The molecule has 0 bridgehead atoms. The summed E-state index contributed by atoms with van der Waals surface area (Å²) >= 11 is 1.20. The van der Waals surface area contributed by atoms with Crippen LogP contribution in [0.25, 0.3) is 0 Å². The molecule has 3 rings (SSSR count). The predicted molar refractivity (Wildman–Crippen MR) is 81.8 cm³/mol. The molecule has 0 saturated carbocycles. The van der Waals surface area contributed by atoms with Crippen molar-refractivity contribution >= 4 is 27.3 Å². The molecule has 1 saturated heterocycles. The molecule has 6 nitrogen and oxygen atoms in total. The van der Waals surface area contributed by atoms with Crippen LogP contribution < -0.4 is 9.62 Å². The molecule has 1 aliphatic rings. The summed E-state index contributed by atoms with van der Waals surface area (Å²) in [7, 11) is -3.45. The molecule has 8 heteroatoms. The Morgan fingerprint density at radius 3 is 2.81 bits per heavy atom. The van der Waals surface area contributed by atoms with E-state index in [2.05, 4.69) is 19.6 Å². The van der Waals surface area contributed by atoms with Gasteiger partial charge in [0.15, 0.2) is 0 Å². The van der Waals surface area contributed by atoms with Crippen molar-refractivity contribution in [1.82, 2.24) is 14.7 Å². The van der Waals surface area contributed by atoms with E-state index >= 15 is 0 Å². The van der Waals surface area contributed by atoms with Crippen molar-refractivity contribution in [1.29, 1.82) is 0 Å². The van der Waals surface area contributed by atoms with Gasteiger partial charge in [0.1, 0.15) is 4.21 Å². The number of nitrogens with zero attached hydrogens (tertiary/aromatic N) is 3. The van der Waals surface area contributed by atoms with Crippen molar-refractivity contribution < 1.29 is 8.42 Å². The second kappa shape index (κ2) is 6.08. The molecule has 112 valence electrons. The van der Waals surface area contributed by atoms with E-state index in [0.717, 1.165) is 25.9 Å². The summed E-state index contributed by atoms with van der Waals surface area (Å²) in [6.07, 6.45) is 3.98. The summed E-state index contributed by atoms with van der Waals surface area (Å²) in [6.45, 7) is 2.10. The maximum Gasteiger partial charge on any atom is 0.250 e. The number of hydrogen-bond acceptors (Lipinski definition) is 6. The van der Waals surface area contributed by atoms with E-state index in [1.54, 1.807) is 29.8 Å². The molecule has 0 amide bonds. The molecule has 2 aromatic rings. The average Bonchev–Trinajstić information content (AvgIpc) is 3.18. The van der Waals surface area contributed by atoms with Crippen LogP contribution in [0.4, 0.5) is 5.95 Å². The van der Waals surface area contributed by atoms with Crippen LogP contribution >= 0.6 is 11.3 Å². The predicted octanol–water partition coefficient (Wildman–Crippen LogP) is 1.62. The molecule has 0 aromatic carbocycles. The third-order valence-corrected chi connectivity index (χ3v) is 6.09. The highest BCUT2D eigenvalue weighted by Gasteiger charge is 2.17. The number of anilines is 1. The normalized spacial score (nSPS) is 15.5. The van der Waals surface area contributed by atoms with Gasteiger partial charge in [0.25, 0.3) is 0 Å². The smallest absolute Gasteiger partial charge is 0.250 e. The Balaban J connectivity index is 1.69. The zero-order valence-corrected chi connectivity index (χ0v) is 13.0. The van der Waals surface area contributed by atoms with Crippen LogP contribution in [0.2, 0.25) is 0 Å². The Kier molecular flexibility index (Phi) is 4.18. The first-order chi connectivity index (χ1) is 10.1. The molecule has 21 heavy (non-hydrogen) atoms. The molecule has 0 spiro atoms. The van der Waals surface area contributed by atoms with Gasteiger partial charge in [-0.1, -0.05) is 6.07 Å². The first kappa shape index (κ1) is 14.4. The fourth-order valence-corrected chi connectivity index (χ4v) is 4.25. The molecule has 0 aliphatic carbocycles. The molecular weight excluding hydrogens is 308 g/mol. The van der Waals surface area contributed by atoms with Gasteiger partial charge in [-0.25, -0.2) is 23.1 Å². The zero-order valence-electron chi connectivity index (χ0n) is 11.4. The summed E-state index contributed by atoms with van der Waals surface area (Å²) in [5, 5.41) is 1.74. The second-order valence-corrected chi connectivity index (χ2v) is 7.74. The summed E-state index contributed by atoms with van der Waals surface area (Å²) in [6, 6.07) is 5.04. The Morgan fingerprint density at radius 1 is 1.29 bits per heavy atom. The van der Waals surface area contributed by atoms with Gasteiger partial charge in [0.2, 0.25) is 16.0 Å². The van der Waals surface area contributed by atoms with Crippen molar-refractivity contribution in [3.8, 4) is 0 Å². The minimum atomic E-state index is -3.45. The van der Waals surface area contributed by atoms with Gasteiger partial charge in [-0.2, -0.15) is 0 Å².